The van der Waals surface area contributed by atoms with Crippen molar-refractivity contribution in [2.75, 3.05) is 11.9 Å². The summed E-state index contributed by atoms with van der Waals surface area (Å²) in [5, 5.41) is 0.764. The van der Waals surface area contributed by atoms with Crippen molar-refractivity contribution in [1.29, 1.82) is 0 Å². The third-order valence-corrected chi connectivity index (χ3v) is 4.11. The molecule has 0 bridgehead atoms. The zero-order valence-corrected chi connectivity index (χ0v) is 13.7. The predicted molar refractivity (Wildman–Crippen MR) is 92.7 cm³/mol. The molecule has 112 valence electrons. The summed E-state index contributed by atoms with van der Waals surface area (Å²) in [6, 6.07) is 14.6. The van der Waals surface area contributed by atoms with Gasteiger partial charge in [0.15, 0.2) is 0 Å². The monoisotopic (exact) mass is 302 g/mol. The number of nitrogens with two attached hydrogens (primary N) is 1. The van der Waals surface area contributed by atoms with Crippen molar-refractivity contribution in [3.05, 3.63) is 58.6 Å². The molecule has 0 amide bonds. The average molecular weight is 303 g/mol. The van der Waals surface area contributed by atoms with Crippen molar-refractivity contribution in [2.45, 2.75) is 32.7 Å². The van der Waals surface area contributed by atoms with E-state index in [-0.39, 0.29) is 6.04 Å². The SMILES string of the molecule is CCC(N)Cc1cccc(Cl)c1N(C)c1cccc(C)c1. The molecule has 3 heteroatoms. The molecule has 0 aromatic heterocycles. The van der Waals surface area contributed by atoms with Crippen LogP contribution in [-0.2, 0) is 6.42 Å². The maximum Gasteiger partial charge on any atom is 0.0645 e. The lowest BCUT2D eigenvalue weighted by molar-refractivity contribution is 0.646. The first kappa shape index (κ1) is 15.9. The van der Waals surface area contributed by atoms with Crippen LogP contribution in [-0.4, -0.2) is 13.1 Å². The first-order chi connectivity index (χ1) is 10.0. The molecule has 0 saturated heterocycles. The summed E-state index contributed by atoms with van der Waals surface area (Å²) in [6.45, 7) is 4.21. The number of nitrogens with zero attached hydrogens (tertiary/aromatic N) is 1. The van der Waals surface area contributed by atoms with Gasteiger partial charge in [0.2, 0.25) is 0 Å². The lowest BCUT2D eigenvalue weighted by Crippen LogP contribution is -2.23. The number of anilines is 2. The lowest BCUT2D eigenvalue weighted by atomic mass is 10.0. The molecular weight excluding hydrogens is 280 g/mol. The van der Waals surface area contributed by atoms with Gasteiger partial charge in [-0.2, -0.15) is 0 Å². The van der Waals surface area contributed by atoms with Gasteiger partial charge in [-0.15, -0.1) is 0 Å². The Morgan fingerprint density at radius 1 is 1.19 bits per heavy atom. The highest BCUT2D eigenvalue weighted by Gasteiger charge is 2.15. The van der Waals surface area contributed by atoms with E-state index in [0.29, 0.717) is 0 Å². The molecule has 0 heterocycles. The highest BCUT2D eigenvalue weighted by Crippen LogP contribution is 2.34. The van der Waals surface area contributed by atoms with Crippen molar-refractivity contribution in [2.24, 2.45) is 5.73 Å². The molecule has 0 aliphatic heterocycles. The Labute approximate surface area is 132 Å². The molecule has 2 rings (SSSR count). The first-order valence-electron chi connectivity index (χ1n) is 7.36. The number of rotatable bonds is 5. The second kappa shape index (κ2) is 6.97. The van der Waals surface area contributed by atoms with Gasteiger partial charge < -0.3 is 10.6 Å². The molecule has 2 aromatic rings. The van der Waals surface area contributed by atoms with Crippen LogP contribution < -0.4 is 10.6 Å². The van der Waals surface area contributed by atoms with E-state index in [0.717, 1.165) is 29.2 Å². The molecule has 0 radical (unpaired) electrons. The van der Waals surface area contributed by atoms with Crippen molar-refractivity contribution in [3.8, 4) is 0 Å². The zero-order valence-electron chi connectivity index (χ0n) is 12.9. The largest absolute Gasteiger partial charge is 0.343 e. The Balaban J connectivity index is 2.42. The van der Waals surface area contributed by atoms with Gasteiger partial charge in [0.05, 0.1) is 10.7 Å². The highest BCUT2D eigenvalue weighted by atomic mass is 35.5. The smallest absolute Gasteiger partial charge is 0.0645 e. The fraction of sp³-hybridized carbons (Fsp3) is 0.333. The van der Waals surface area contributed by atoms with E-state index >= 15 is 0 Å². The number of halogens is 1. The van der Waals surface area contributed by atoms with Crippen LogP contribution in [0.2, 0.25) is 5.02 Å². The topological polar surface area (TPSA) is 29.3 Å². The van der Waals surface area contributed by atoms with Gasteiger partial charge in [0, 0.05) is 18.8 Å². The number of aryl methyl sites for hydroxylation is 1. The first-order valence-corrected chi connectivity index (χ1v) is 7.74. The van der Waals surface area contributed by atoms with Crippen LogP contribution >= 0.6 is 11.6 Å². The van der Waals surface area contributed by atoms with Crippen molar-refractivity contribution >= 4 is 23.0 Å². The fourth-order valence-corrected chi connectivity index (χ4v) is 2.81. The van der Waals surface area contributed by atoms with Crippen molar-refractivity contribution in [1.82, 2.24) is 0 Å². The molecule has 1 atom stereocenters. The van der Waals surface area contributed by atoms with Crippen LogP contribution in [0, 0.1) is 6.92 Å². The summed E-state index contributed by atoms with van der Waals surface area (Å²) in [7, 11) is 2.05. The molecule has 2 aromatic carbocycles. The molecule has 0 aliphatic rings. The molecule has 21 heavy (non-hydrogen) atoms. The van der Waals surface area contributed by atoms with Gasteiger partial charge in [0.25, 0.3) is 0 Å². The van der Waals surface area contributed by atoms with Gasteiger partial charge in [-0.05, 0) is 49.1 Å². The molecule has 0 spiro atoms. The minimum Gasteiger partial charge on any atom is -0.343 e. The predicted octanol–water partition coefficient (Wildman–Crippen LogP) is 4.70. The van der Waals surface area contributed by atoms with E-state index in [2.05, 4.69) is 56.1 Å². The fourth-order valence-electron chi connectivity index (χ4n) is 2.49. The van der Waals surface area contributed by atoms with E-state index in [1.54, 1.807) is 0 Å². The van der Waals surface area contributed by atoms with Crippen LogP contribution in [0.25, 0.3) is 0 Å². The molecule has 0 aliphatic carbocycles. The maximum absolute atomic E-state index is 6.46. The van der Waals surface area contributed by atoms with Crippen LogP contribution in [0.3, 0.4) is 0 Å². The number of hydrogen-bond acceptors (Lipinski definition) is 2. The van der Waals surface area contributed by atoms with E-state index in [9.17, 15) is 0 Å². The molecule has 0 fully saturated rings. The second-order valence-electron chi connectivity index (χ2n) is 5.52. The molecule has 1 unspecified atom stereocenters. The molecule has 2 N–H and O–H groups in total. The lowest BCUT2D eigenvalue weighted by Gasteiger charge is -2.25. The minimum atomic E-state index is 0.160. The van der Waals surface area contributed by atoms with Gasteiger partial charge >= 0.3 is 0 Å². The molecule has 0 saturated carbocycles. The summed E-state index contributed by atoms with van der Waals surface area (Å²) in [6.07, 6.45) is 1.79. The van der Waals surface area contributed by atoms with Crippen LogP contribution in [0.1, 0.15) is 24.5 Å². The standard InChI is InChI=1S/C18H23ClN2/c1-4-15(20)12-14-8-6-10-17(19)18(14)21(3)16-9-5-7-13(2)11-16/h5-11,15H,4,12,20H2,1-3H3. The van der Waals surface area contributed by atoms with Crippen LogP contribution in [0.15, 0.2) is 42.5 Å². The Morgan fingerprint density at radius 3 is 2.57 bits per heavy atom. The molecular formula is C18H23ClN2. The maximum atomic E-state index is 6.46. The summed E-state index contributed by atoms with van der Waals surface area (Å²) >= 11 is 6.46. The number of hydrogen-bond donors (Lipinski definition) is 1. The average Bonchev–Trinajstić information content (AvgIpc) is 2.46. The van der Waals surface area contributed by atoms with E-state index in [1.807, 2.05) is 12.1 Å². The highest BCUT2D eigenvalue weighted by molar-refractivity contribution is 6.33. The zero-order chi connectivity index (χ0) is 15.4. The third-order valence-electron chi connectivity index (χ3n) is 3.80. The van der Waals surface area contributed by atoms with E-state index in [4.69, 9.17) is 17.3 Å². The van der Waals surface area contributed by atoms with Gasteiger partial charge in [-0.25, -0.2) is 0 Å². The van der Waals surface area contributed by atoms with Crippen molar-refractivity contribution < 1.29 is 0 Å². The third kappa shape index (κ3) is 3.78. The van der Waals surface area contributed by atoms with Gasteiger partial charge in [-0.1, -0.05) is 42.8 Å². The van der Waals surface area contributed by atoms with Crippen LogP contribution in [0.5, 0.6) is 0 Å². The normalized spacial score (nSPS) is 12.2. The number of benzene rings is 2. The molecule has 2 nitrogen and oxygen atoms in total. The Morgan fingerprint density at radius 2 is 1.90 bits per heavy atom. The van der Waals surface area contributed by atoms with Crippen molar-refractivity contribution in [3.63, 3.8) is 0 Å². The van der Waals surface area contributed by atoms with Gasteiger partial charge in [-0.3, -0.25) is 0 Å². The van der Waals surface area contributed by atoms with E-state index < -0.39 is 0 Å². The second-order valence-corrected chi connectivity index (χ2v) is 5.93. The van der Waals surface area contributed by atoms with E-state index in [1.165, 1.54) is 11.1 Å². The Hall–Kier alpha value is -1.51. The Kier molecular flexibility index (Phi) is 5.27. The summed E-state index contributed by atoms with van der Waals surface area (Å²) in [5.41, 5.74) is 10.7. The summed E-state index contributed by atoms with van der Waals surface area (Å²) < 4.78 is 0. The minimum absolute atomic E-state index is 0.160. The summed E-state index contributed by atoms with van der Waals surface area (Å²) in [5.74, 6) is 0. The number of para-hydroxylation sites is 1. The Bertz CT molecular complexity index is 610. The van der Waals surface area contributed by atoms with Gasteiger partial charge in [0.1, 0.15) is 0 Å². The van der Waals surface area contributed by atoms with Crippen LogP contribution in [0.4, 0.5) is 11.4 Å². The summed E-state index contributed by atoms with van der Waals surface area (Å²) in [4.78, 5) is 2.15. The quantitative estimate of drug-likeness (QED) is 0.867.